The zero-order valence-electron chi connectivity index (χ0n) is 11.0. The van der Waals surface area contributed by atoms with Crippen molar-refractivity contribution in [2.24, 2.45) is 11.7 Å². The van der Waals surface area contributed by atoms with Crippen LogP contribution in [0.25, 0.3) is 10.9 Å². The summed E-state index contributed by atoms with van der Waals surface area (Å²) in [5.74, 6) is 0.594. The number of rotatable bonds is 6. The van der Waals surface area contributed by atoms with Crippen LogP contribution in [0.3, 0.4) is 0 Å². The smallest absolute Gasteiger partial charge is 0.117 e. The average Bonchev–Trinajstić information content (AvgIpc) is 2.81. The van der Waals surface area contributed by atoms with Gasteiger partial charge in [-0.2, -0.15) is 4.37 Å². The van der Waals surface area contributed by atoms with Crippen molar-refractivity contribution < 1.29 is 0 Å². The third kappa shape index (κ3) is 2.82. The predicted molar refractivity (Wildman–Crippen MR) is 80.2 cm³/mol. The molecule has 0 aliphatic heterocycles. The van der Waals surface area contributed by atoms with Gasteiger partial charge in [-0.05, 0) is 29.6 Å². The summed E-state index contributed by atoms with van der Waals surface area (Å²) in [6.07, 6.45) is 2.28. The zero-order chi connectivity index (χ0) is 13.0. The highest BCUT2D eigenvalue weighted by Gasteiger charge is 2.14. The Morgan fingerprint density at radius 2 is 2.00 bits per heavy atom. The van der Waals surface area contributed by atoms with Crippen LogP contribution >= 0.6 is 11.5 Å². The SMILES string of the molecule is CCC(CC)C(N)CNc1snc2ccccc12. The lowest BCUT2D eigenvalue weighted by molar-refractivity contribution is 0.407. The van der Waals surface area contributed by atoms with E-state index < -0.39 is 0 Å². The first kappa shape index (κ1) is 13.3. The van der Waals surface area contributed by atoms with Gasteiger partial charge in [0.15, 0.2) is 0 Å². The highest BCUT2D eigenvalue weighted by Crippen LogP contribution is 2.27. The predicted octanol–water partition coefficient (Wildman–Crippen LogP) is 3.47. The topological polar surface area (TPSA) is 50.9 Å². The van der Waals surface area contributed by atoms with E-state index in [2.05, 4.69) is 29.6 Å². The average molecular weight is 263 g/mol. The molecule has 3 nitrogen and oxygen atoms in total. The molecule has 4 heteroatoms. The largest absolute Gasteiger partial charge is 0.374 e. The van der Waals surface area contributed by atoms with Crippen LogP contribution in [0.2, 0.25) is 0 Å². The van der Waals surface area contributed by atoms with E-state index in [-0.39, 0.29) is 6.04 Å². The lowest BCUT2D eigenvalue weighted by Gasteiger charge is -2.21. The van der Waals surface area contributed by atoms with E-state index in [0.29, 0.717) is 5.92 Å². The van der Waals surface area contributed by atoms with Crippen molar-refractivity contribution in [3.05, 3.63) is 24.3 Å². The number of benzene rings is 1. The van der Waals surface area contributed by atoms with Crippen LogP contribution in [0.4, 0.5) is 5.00 Å². The molecular weight excluding hydrogens is 242 g/mol. The van der Waals surface area contributed by atoms with Gasteiger partial charge in [0.25, 0.3) is 0 Å². The van der Waals surface area contributed by atoms with Crippen LogP contribution in [0.5, 0.6) is 0 Å². The number of aromatic nitrogens is 1. The molecule has 3 N–H and O–H groups in total. The second kappa shape index (κ2) is 6.16. The number of nitrogens with one attached hydrogen (secondary N) is 1. The molecular formula is C14H21N3S. The maximum atomic E-state index is 6.22. The summed E-state index contributed by atoms with van der Waals surface area (Å²) in [4.78, 5) is 0. The molecule has 1 heterocycles. The van der Waals surface area contributed by atoms with Gasteiger partial charge in [0, 0.05) is 18.0 Å². The van der Waals surface area contributed by atoms with Gasteiger partial charge in [0.05, 0.1) is 5.52 Å². The van der Waals surface area contributed by atoms with E-state index in [4.69, 9.17) is 5.73 Å². The van der Waals surface area contributed by atoms with Gasteiger partial charge >= 0.3 is 0 Å². The fourth-order valence-corrected chi connectivity index (χ4v) is 3.06. The molecule has 2 rings (SSSR count). The van der Waals surface area contributed by atoms with Gasteiger partial charge in [-0.3, -0.25) is 0 Å². The van der Waals surface area contributed by atoms with E-state index in [0.717, 1.165) is 29.9 Å². The highest BCUT2D eigenvalue weighted by atomic mass is 32.1. The van der Waals surface area contributed by atoms with Crippen molar-refractivity contribution in [3.63, 3.8) is 0 Å². The van der Waals surface area contributed by atoms with Crippen LogP contribution in [-0.4, -0.2) is 17.0 Å². The minimum absolute atomic E-state index is 0.209. The summed E-state index contributed by atoms with van der Waals surface area (Å²) in [7, 11) is 0. The van der Waals surface area contributed by atoms with Gasteiger partial charge < -0.3 is 11.1 Å². The standard InChI is InChI=1S/C14H21N3S/c1-3-10(4-2)12(15)9-16-14-11-7-5-6-8-13(11)17-18-14/h5-8,10,12,16H,3-4,9,15H2,1-2H3. The number of nitrogens with zero attached hydrogens (tertiary/aromatic N) is 1. The maximum Gasteiger partial charge on any atom is 0.117 e. The van der Waals surface area contributed by atoms with Crippen LogP contribution in [0, 0.1) is 5.92 Å². The summed E-state index contributed by atoms with van der Waals surface area (Å²) in [5.41, 5.74) is 7.28. The molecule has 0 fully saturated rings. The molecule has 1 unspecified atom stereocenters. The molecule has 0 saturated heterocycles. The Hall–Kier alpha value is -1.13. The molecule has 2 aromatic rings. The molecule has 0 saturated carbocycles. The molecule has 1 atom stereocenters. The Labute approximate surface area is 113 Å². The van der Waals surface area contributed by atoms with E-state index in [1.807, 2.05) is 18.2 Å². The van der Waals surface area contributed by atoms with E-state index >= 15 is 0 Å². The first-order chi connectivity index (χ1) is 8.76. The Kier molecular flexibility index (Phi) is 4.55. The number of hydrogen-bond donors (Lipinski definition) is 2. The number of anilines is 1. The Morgan fingerprint density at radius 3 is 2.72 bits per heavy atom. The van der Waals surface area contributed by atoms with Crippen molar-refractivity contribution >= 4 is 27.4 Å². The maximum absolute atomic E-state index is 6.22. The van der Waals surface area contributed by atoms with Gasteiger partial charge in [0.2, 0.25) is 0 Å². The number of fused-ring (bicyclic) bond motifs is 1. The van der Waals surface area contributed by atoms with E-state index in [1.54, 1.807) is 0 Å². The van der Waals surface area contributed by atoms with Crippen molar-refractivity contribution in [1.82, 2.24) is 4.37 Å². The van der Waals surface area contributed by atoms with Crippen LogP contribution < -0.4 is 11.1 Å². The third-order valence-corrected chi connectivity index (χ3v) is 4.37. The number of nitrogens with two attached hydrogens (primary N) is 1. The Balaban J connectivity index is 2.02. The lowest BCUT2D eigenvalue weighted by atomic mass is 9.95. The minimum atomic E-state index is 0.209. The second-order valence-corrected chi connectivity index (χ2v) is 5.42. The van der Waals surface area contributed by atoms with Crippen molar-refractivity contribution in [2.75, 3.05) is 11.9 Å². The summed E-state index contributed by atoms with van der Waals surface area (Å²) >= 11 is 1.52. The molecule has 0 radical (unpaired) electrons. The molecule has 1 aromatic carbocycles. The summed E-state index contributed by atoms with van der Waals surface area (Å²) in [5, 5.41) is 5.77. The minimum Gasteiger partial charge on any atom is -0.374 e. The van der Waals surface area contributed by atoms with Gasteiger partial charge in [-0.25, -0.2) is 0 Å². The fourth-order valence-electron chi connectivity index (χ4n) is 2.29. The van der Waals surface area contributed by atoms with Gasteiger partial charge in [-0.15, -0.1) is 0 Å². The highest BCUT2D eigenvalue weighted by molar-refractivity contribution is 7.11. The summed E-state index contributed by atoms with van der Waals surface area (Å²) in [6, 6.07) is 8.41. The van der Waals surface area contributed by atoms with Crippen LogP contribution in [0.1, 0.15) is 26.7 Å². The normalized spacial score (nSPS) is 13.1. The Bertz CT molecular complexity index is 490. The molecule has 18 heavy (non-hydrogen) atoms. The quantitative estimate of drug-likeness (QED) is 0.839. The first-order valence-corrected chi connectivity index (χ1v) is 7.37. The van der Waals surface area contributed by atoms with Crippen LogP contribution in [0.15, 0.2) is 24.3 Å². The molecule has 0 spiro atoms. The Morgan fingerprint density at radius 1 is 1.28 bits per heavy atom. The van der Waals surface area contributed by atoms with E-state index in [1.165, 1.54) is 16.9 Å². The number of hydrogen-bond acceptors (Lipinski definition) is 4. The molecule has 98 valence electrons. The van der Waals surface area contributed by atoms with Gasteiger partial charge in [-0.1, -0.05) is 38.8 Å². The van der Waals surface area contributed by atoms with E-state index in [9.17, 15) is 0 Å². The fraction of sp³-hybridized carbons (Fsp3) is 0.500. The van der Waals surface area contributed by atoms with Gasteiger partial charge in [0.1, 0.15) is 5.00 Å². The first-order valence-electron chi connectivity index (χ1n) is 6.60. The summed E-state index contributed by atoms with van der Waals surface area (Å²) < 4.78 is 4.42. The van der Waals surface area contributed by atoms with Crippen molar-refractivity contribution in [2.45, 2.75) is 32.7 Å². The second-order valence-electron chi connectivity index (χ2n) is 4.65. The van der Waals surface area contributed by atoms with Crippen molar-refractivity contribution in [1.29, 1.82) is 0 Å². The molecule has 0 aliphatic carbocycles. The monoisotopic (exact) mass is 263 g/mol. The summed E-state index contributed by atoms with van der Waals surface area (Å²) in [6.45, 7) is 5.23. The molecule has 0 bridgehead atoms. The van der Waals surface area contributed by atoms with Crippen LogP contribution in [-0.2, 0) is 0 Å². The third-order valence-electron chi connectivity index (χ3n) is 3.54. The van der Waals surface area contributed by atoms with Crippen molar-refractivity contribution in [3.8, 4) is 0 Å². The molecule has 1 aromatic heterocycles. The molecule has 0 amide bonds. The molecule has 0 aliphatic rings. The zero-order valence-corrected chi connectivity index (χ0v) is 11.8. The lowest BCUT2D eigenvalue weighted by Crippen LogP contribution is -2.36.